The number of rotatable bonds is 5. The van der Waals surface area contributed by atoms with E-state index in [9.17, 15) is 4.79 Å². The quantitative estimate of drug-likeness (QED) is 0.751. The fourth-order valence-electron chi connectivity index (χ4n) is 3.24. The van der Waals surface area contributed by atoms with E-state index in [0.29, 0.717) is 13.0 Å². The second-order valence-corrected chi connectivity index (χ2v) is 7.40. The first kappa shape index (κ1) is 16.8. The van der Waals surface area contributed by atoms with Crippen LogP contribution in [0.3, 0.4) is 0 Å². The van der Waals surface area contributed by atoms with E-state index in [4.69, 9.17) is 0 Å². The Labute approximate surface area is 157 Å². The third-order valence-corrected chi connectivity index (χ3v) is 5.66. The number of anilines is 2. The molecule has 134 valence electrons. The average Bonchev–Trinajstić information content (AvgIpc) is 3.11. The van der Waals surface area contributed by atoms with Crippen molar-refractivity contribution in [2.75, 3.05) is 42.9 Å². The SMILES string of the molecule is O=C(CCNc1nc2ccccc2s1)N1CCN(c2ccccc2)CC1. The standard InChI is InChI=1S/C20H22N4OS/c25-19(10-11-21-20-22-17-8-4-5-9-18(17)26-20)24-14-12-23(13-15-24)16-6-2-1-3-7-16/h1-9H,10-15H2,(H,21,22). The Hall–Kier alpha value is -2.60. The average molecular weight is 366 g/mol. The van der Waals surface area contributed by atoms with Crippen LogP contribution in [-0.4, -0.2) is 48.5 Å². The maximum Gasteiger partial charge on any atom is 0.224 e. The molecule has 0 aliphatic carbocycles. The molecule has 0 atom stereocenters. The van der Waals surface area contributed by atoms with Gasteiger partial charge in [0, 0.05) is 44.8 Å². The topological polar surface area (TPSA) is 48.5 Å². The summed E-state index contributed by atoms with van der Waals surface area (Å²) in [7, 11) is 0. The van der Waals surface area contributed by atoms with Gasteiger partial charge in [-0.25, -0.2) is 4.98 Å². The van der Waals surface area contributed by atoms with Gasteiger partial charge in [0.25, 0.3) is 0 Å². The van der Waals surface area contributed by atoms with Crippen LogP contribution in [0.15, 0.2) is 54.6 Å². The van der Waals surface area contributed by atoms with Gasteiger partial charge in [0.1, 0.15) is 0 Å². The summed E-state index contributed by atoms with van der Waals surface area (Å²) in [6.07, 6.45) is 0.501. The summed E-state index contributed by atoms with van der Waals surface area (Å²) in [5, 5.41) is 4.17. The molecule has 1 aliphatic rings. The van der Waals surface area contributed by atoms with E-state index in [1.165, 1.54) is 10.4 Å². The molecule has 1 fully saturated rings. The molecule has 0 bridgehead atoms. The largest absolute Gasteiger partial charge is 0.368 e. The number of piperazine rings is 1. The summed E-state index contributed by atoms with van der Waals surface area (Å²) in [6.45, 7) is 3.98. The van der Waals surface area contributed by atoms with Crippen molar-refractivity contribution in [3.63, 3.8) is 0 Å². The van der Waals surface area contributed by atoms with Crippen molar-refractivity contribution in [1.82, 2.24) is 9.88 Å². The molecule has 26 heavy (non-hydrogen) atoms. The van der Waals surface area contributed by atoms with Gasteiger partial charge >= 0.3 is 0 Å². The Balaban J connectivity index is 1.24. The summed E-state index contributed by atoms with van der Waals surface area (Å²) >= 11 is 1.63. The van der Waals surface area contributed by atoms with Crippen LogP contribution in [0.4, 0.5) is 10.8 Å². The van der Waals surface area contributed by atoms with Crippen LogP contribution in [0.25, 0.3) is 10.2 Å². The first-order valence-corrected chi connectivity index (χ1v) is 9.78. The maximum atomic E-state index is 12.5. The van der Waals surface area contributed by atoms with Crippen LogP contribution in [0.1, 0.15) is 6.42 Å². The van der Waals surface area contributed by atoms with Gasteiger partial charge in [0.05, 0.1) is 10.2 Å². The minimum atomic E-state index is 0.214. The first-order chi connectivity index (χ1) is 12.8. The molecule has 1 N–H and O–H groups in total. The summed E-state index contributed by atoms with van der Waals surface area (Å²) in [5.74, 6) is 0.214. The van der Waals surface area contributed by atoms with Gasteiger partial charge in [-0.2, -0.15) is 0 Å². The van der Waals surface area contributed by atoms with E-state index in [0.717, 1.165) is 36.8 Å². The third kappa shape index (κ3) is 3.80. The molecule has 0 saturated carbocycles. The fourth-order valence-corrected chi connectivity index (χ4v) is 4.13. The Morgan fingerprint density at radius 2 is 1.73 bits per heavy atom. The highest BCUT2D eigenvalue weighted by atomic mass is 32.1. The molecule has 3 aromatic rings. The number of fused-ring (bicyclic) bond motifs is 1. The summed E-state index contributed by atoms with van der Waals surface area (Å²) in [5.41, 5.74) is 2.24. The number of aromatic nitrogens is 1. The van der Waals surface area contributed by atoms with E-state index >= 15 is 0 Å². The second kappa shape index (κ2) is 7.74. The minimum Gasteiger partial charge on any atom is -0.368 e. The molecular formula is C20H22N4OS. The monoisotopic (exact) mass is 366 g/mol. The first-order valence-electron chi connectivity index (χ1n) is 8.97. The lowest BCUT2D eigenvalue weighted by atomic mass is 10.2. The zero-order valence-corrected chi connectivity index (χ0v) is 15.4. The maximum absolute atomic E-state index is 12.5. The van der Waals surface area contributed by atoms with Gasteiger partial charge in [-0.1, -0.05) is 41.7 Å². The lowest BCUT2D eigenvalue weighted by Gasteiger charge is -2.36. The lowest BCUT2D eigenvalue weighted by Crippen LogP contribution is -2.49. The summed E-state index contributed by atoms with van der Waals surface area (Å²) < 4.78 is 1.17. The zero-order valence-electron chi connectivity index (χ0n) is 14.6. The number of nitrogens with one attached hydrogen (secondary N) is 1. The Kier molecular flexibility index (Phi) is 5.02. The minimum absolute atomic E-state index is 0.214. The molecule has 0 spiro atoms. The number of carbonyl (C=O) groups is 1. The molecule has 6 heteroatoms. The van der Waals surface area contributed by atoms with E-state index < -0.39 is 0 Å². The van der Waals surface area contributed by atoms with Crippen molar-refractivity contribution in [2.45, 2.75) is 6.42 Å². The number of amides is 1. The van der Waals surface area contributed by atoms with E-state index in [2.05, 4.69) is 45.5 Å². The van der Waals surface area contributed by atoms with Crippen molar-refractivity contribution in [3.05, 3.63) is 54.6 Å². The lowest BCUT2D eigenvalue weighted by molar-refractivity contribution is -0.131. The Bertz CT molecular complexity index is 839. The summed E-state index contributed by atoms with van der Waals surface area (Å²) in [6, 6.07) is 18.5. The number of benzene rings is 2. The third-order valence-electron chi connectivity index (χ3n) is 4.66. The van der Waals surface area contributed by atoms with Crippen LogP contribution in [0.2, 0.25) is 0 Å². The van der Waals surface area contributed by atoms with Crippen LogP contribution in [0.5, 0.6) is 0 Å². The van der Waals surface area contributed by atoms with Crippen molar-refractivity contribution >= 4 is 38.3 Å². The number of thiazole rings is 1. The molecular weight excluding hydrogens is 344 g/mol. The highest BCUT2D eigenvalue weighted by Crippen LogP contribution is 2.25. The highest BCUT2D eigenvalue weighted by molar-refractivity contribution is 7.22. The zero-order chi connectivity index (χ0) is 17.8. The van der Waals surface area contributed by atoms with Gasteiger partial charge in [-0.15, -0.1) is 0 Å². The summed E-state index contributed by atoms with van der Waals surface area (Å²) in [4.78, 5) is 21.3. The molecule has 4 rings (SSSR count). The normalized spacial score (nSPS) is 14.6. The van der Waals surface area contributed by atoms with Crippen LogP contribution in [0, 0.1) is 0 Å². The predicted octanol–water partition coefficient (Wildman–Crippen LogP) is 3.45. The van der Waals surface area contributed by atoms with Crippen molar-refractivity contribution < 1.29 is 4.79 Å². The Morgan fingerprint density at radius 1 is 1.00 bits per heavy atom. The second-order valence-electron chi connectivity index (χ2n) is 6.37. The molecule has 0 radical (unpaired) electrons. The number of nitrogens with zero attached hydrogens (tertiary/aromatic N) is 3. The van der Waals surface area contributed by atoms with Crippen molar-refractivity contribution in [1.29, 1.82) is 0 Å². The van der Waals surface area contributed by atoms with Crippen molar-refractivity contribution in [2.24, 2.45) is 0 Å². The van der Waals surface area contributed by atoms with Crippen molar-refractivity contribution in [3.8, 4) is 0 Å². The molecule has 1 amide bonds. The molecule has 5 nitrogen and oxygen atoms in total. The van der Waals surface area contributed by atoms with Crippen LogP contribution in [-0.2, 0) is 4.79 Å². The number of hydrogen-bond acceptors (Lipinski definition) is 5. The number of para-hydroxylation sites is 2. The van der Waals surface area contributed by atoms with Gasteiger partial charge in [0.2, 0.25) is 5.91 Å². The predicted molar refractivity (Wildman–Crippen MR) is 108 cm³/mol. The molecule has 1 aromatic heterocycles. The molecule has 1 aliphatic heterocycles. The highest BCUT2D eigenvalue weighted by Gasteiger charge is 2.20. The van der Waals surface area contributed by atoms with Gasteiger partial charge < -0.3 is 15.1 Å². The number of carbonyl (C=O) groups excluding carboxylic acids is 1. The fraction of sp³-hybridized carbons (Fsp3) is 0.300. The molecule has 2 aromatic carbocycles. The van der Waals surface area contributed by atoms with Gasteiger partial charge in [0.15, 0.2) is 5.13 Å². The van der Waals surface area contributed by atoms with E-state index in [-0.39, 0.29) is 5.91 Å². The molecule has 0 unspecified atom stereocenters. The molecule has 1 saturated heterocycles. The van der Waals surface area contributed by atoms with Gasteiger partial charge in [-0.3, -0.25) is 4.79 Å². The molecule has 2 heterocycles. The smallest absolute Gasteiger partial charge is 0.224 e. The van der Waals surface area contributed by atoms with Crippen LogP contribution < -0.4 is 10.2 Å². The number of hydrogen-bond donors (Lipinski definition) is 1. The van der Waals surface area contributed by atoms with Gasteiger partial charge in [-0.05, 0) is 24.3 Å². The van der Waals surface area contributed by atoms with E-state index in [1.54, 1.807) is 11.3 Å². The van der Waals surface area contributed by atoms with Crippen LogP contribution >= 0.6 is 11.3 Å². The Morgan fingerprint density at radius 3 is 2.50 bits per heavy atom. The van der Waals surface area contributed by atoms with E-state index in [1.807, 2.05) is 29.2 Å².